The van der Waals surface area contributed by atoms with Crippen molar-refractivity contribution in [2.75, 3.05) is 19.6 Å². The Morgan fingerprint density at radius 2 is 2.06 bits per heavy atom. The first-order chi connectivity index (χ1) is 8.50. The van der Waals surface area contributed by atoms with Gasteiger partial charge in [0.1, 0.15) is 6.04 Å². The van der Waals surface area contributed by atoms with Gasteiger partial charge < -0.3 is 15.3 Å². The molecule has 0 saturated carbocycles. The van der Waals surface area contributed by atoms with Gasteiger partial charge in [-0.15, -0.1) is 0 Å². The van der Waals surface area contributed by atoms with Crippen LogP contribution in [0.3, 0.4) is 0 Å². The van der Waals surface area contributed by atoms with E-state index in [9.17, 15) is 14.7 Å². The molecule has 2 N–H and O–H groups in total. The Hall–Kier alpha value is -1.10. The van der Waals surface area contributed by atoms with Crippen molar-refractivity contribution in [3.05, 3.63) is 0 Å². The van der Waals surface area contributed by atoms with E-state index in [1.54, 1.807) is 4.90 Å². The van der Waals surface area contributed by atoms with Gasteiger partial charge in [0.2, 0.25) is 5.91 Å². The Labute approximate surface area is 108 Å². The van der Waals surface area contributed by atoms with Crippen molar-refractivity contribution in [3.63, 3.8) is 0 Å². The van der Waals surface area contributed by atoms with E-state index >= 15 is 0 Å². The van der Waals surface area contributed by atoms with Crippen LogP contribution in [0.2, 0.25) is 0 Å². The molecule has 18 heavy (non-hydrogen) atoms. The molecule has 2 rings (SSSR count). The maximum Gasteiger partial charge on any atom is 0.326 e. The molecule has 5 nitrogen and oxygen atoms in total. The lowest BCUT2D eigenvalue weighted by atomic mass is 9.85. The Balaban J connectivity index is 2.04. The third kappa shape index (κ3) is 2.51. The molecule has 0 aromatic carbocycles. The number of amides is 1. The normalized spacial score (nSPS) is 30.7. The molecule has 102 valence electrons. The summed E-state index contributed by atoms with van der Waals surface area (Å²) in [5, 5.41) is 12.4. The summed E-state index contributed by atoms with van der Waals surface area (Å²) in [4.78, 5) is 25.3. The van der Waals surface area contributed by atoms with Crippen molar-refractivity contribution >= 4 is 11.9 Å². The molecule has 2 fully saturated rings. The molecule has 2 heterocycles. The highest BCUT2D eigenvalue weighted by Gasteiger charge is 2.39. The number of hydrogen-bond acceptors (Lipinski definition) is 3. The van der Waals surface area contributed by atoms with Crippen LogP contribution < -0.4 is 5.32 Å². The van der Waals surface area contributed by atoms with Gasteiger partial charge in [-0.2, -0.15) is 0 Å². The third-order valence-electron chi connectivity index (χ3n) is 4.34. The fourth-order valence-corrected chi connectivity index (χ4v) is 2.77. The second kappa shape index (κ2) is 5.26. The number of likely N-dealkylation sites (tertiary alicyclic amines) is 1. The highest BCUT2D eigenvalue weighted by atomic mass is 16.4. The quantitative estimate of drug-likeness (QED) is 0.772. The van der Waals surface area contributed by atoms with Crippen molar-refractivity contribution in [1.82, 2.24) is 10.2 Å². The van der Waals surface area contributed by atoms with Gasteiger partial charge in [0.15, 0.2) is 0 Å². The number of carbonyl (C=O) groups excluding carboxylic acids is 1. The van der Waals surface area contributed by atoms with Gasteiger partial charge in [0.05, 0.1) is 0 Å². The van der Waals surface area contributed by atoms with E-state index in [-0.39, 0.29) is 11.8 Å². The molecular weight excluding hydrogens is 232 g/mol. The van der Waals surface area contributed by atoms with E-state index in [1.807, 2.05) is 6.92 Å². The monoisotopic (exact) mass is 254 g/mol. The molecule has 0 bridgehead atoms. The predicted molar refractivity (Wildman–Crippen MR) is 67.1 cm³/mol. The van der Waals surface area contributed by atoms with Crippen LogP contribution in [0.15, 0.2) is 0 Å². The number of nitrogens with zero attached hydrogens (tertiary/aromatic N) is 1. The standard InChI is InChI=1S/C13H22N2O3/c1-8-3-4-15(11(5-8)13(17)18)12(16)9(2)10-6-14-7-10/h8-11,14H,3-7H2,1-2H3,(H,17,18). The van der Waals surface area contributed by atoms with E-state index in [0.717, 1.165) is 19.5 Å². The first kappa shape index (κ1) is 13.3. The summed E-state index contributed by atoms with van der Waals surface area (Å²) in [5.41, 5.74) is 0. The lowest BCUT2D eigenvalue weighted by molar-refractivity contribution is -0.155. The molecule has 3 unspecified atom stereocenters. The van der Waals surface area contributed by atoms with Gasteiger partial charge in [-0.3, -0.25) is 4.79 Å². The molecule has 0 radical (unpaired) electrons. The number of aliphatic carboxylic acids is 1. The van der Waals surface area contributed by atoms with Gasteiger partial charge >= 0.3 is 5.97 Å². The van der Waals surface area contributed by atoms with Crippen molar-refractivity contribution in [3.8, 4) is 0 Å². The molecule has 0 aromatic rings. The Bertz CT molecular complexity index is 341. The van der Waals surface area contributed by atoms with Gasteiger partial charge in [0.25, 0.3) is 0 Å². The highest BCUT2D eigenvalue weighted by molar-refractivity contribution is 5.85. The maximum atomic E-state index is 12.4. The molecule has 0 aliphatic carbocycles. The molecule has 0 spiro atoms. The van der Waals surface area contributed by atoms with Gasteiger partial charge in [-0.1, -0.05) is 13.8 Å². The van der Waals surface area contributed by atoms with Gasteiger partial charge in [0, 0.05) is 12.5 Å². The molecule has 1 amide bonds. The minimum Gasteiger partial charge on any atom is -0.480 e. The molecular formula is C13H22N2O3. The van der Waals surface area contributed by atoms with Crippen molar-refractivity contribution in [2.24, 2.45) is 17.8 Å². The molecule has 5 heteroatoms. The fraction of sp³-hybridized carbons (Fsp3) is 0.846. The molecule has 0 aromatic heterocycles. The predicted octanol–water partition coefficient (Wildman–Crippen LogP) is 0.554. The van der Waals surface area contributed by atoms with E-state index in [2.05, 4.69) is 12.2 Å². The van der Waals surface area contributed by atoms with Crippen molar-refractivity contribution < 1.29 is 14.7 Å². The average molecular weight is 254 g/mol. The molecule has 3 atom stereocenters. The number of hydrogen-bond donors (Lipinski definition) is 2. The minimum absolute atomic E-state index is 0.0146. The zero-order valence-corrected chi connectivity index (χ0v) is 11.1. The van der Waals surface area contributed by atoms with Crippen LogP contribution in [0.25, 0.3) is 0 Å². The topological polar surface area (TPSA) is 69.6 Å². The Morgan fingerprint density at radius 1 is 1.39 bits per heavy atom. The summed E-state index contributed by atoms with van der Waals surface area (Å²) < 4.78 is 0. The SMILES string of the molecule is CC1CCN(C(=O)C(C)C2CNC2)C(C(=O)O)C1. The summed E-state index contributed by atoms with van der Waals surface area (Å²) >= 11 is 0. The Kier molecular flexibility index (Phi) is 3.90. The van der Waals surface area contributed by atoms with Crippen LogP contribution >= 0.6 is 0 Å². The number of rotatable bonds is 3. The van der Waals surface area contributed by atoms with Crippen LogP contribution in [-0.4, -0.2) is 47.6 Å². The first-order valence-corrected chi connectivity index (χ1v) is 6.74. The third-order valence-corrected chi connectivity index (χ3v) is 4.34. The molecule has 2 aliphatic heterocycles. The minimum atomic E-state index is -0.867. The first-order valence-electron chi connectivity index (χ1n) is 6.74. The van der Waals surface area contributed by atoms with Crippen LogP contribution in [-0.2, 0) is 9.59 Å². The lowest BCUT2D eigenvalue weighted by Crippen LogP contribution is -2.55. The van der Waals surface area contributed by atoms with E-state index in [4.69, 9.17) is 0 Å². The maximum absolute atomic E-state index is 12.4. The summed E-state index contributed by atoms with van der Waals surface area (Å²) in [6.07, 6.45) is 1.49. The van der Waals surface area contributed by atoms with Crippen LogP contribution in [0.4, 0.5) is 0 Å². The van der Waals surface area contributed by atoms with E-state index < -0.39 is 12.0 Å². The number of carbonyl (C=O) groups is 2. The number of nitrogens with one attached hydrogen (secondary N) is 1. The summed E-state index contributed by atoms with van der Waals surface area (Å²) in [6.45, 7) is 6.30. The van der Waals surface area contributed by atoms with Gasteiger partial charge in [-0.25, -0.2) is 4.79 Å². The largest absolute Gasteiger partial charge is 0.480 e. The highest BCUT2D eigenvalue weighted by Crippen LogP contribution is 2.27. The van der Waals surface area contributed by atoms with Crippen molar-refractivity contribution in [1.29, 1.82) is 0 Å². The van der Waals surface area contributed by atoms with Crippen LogP contribution in [0.1, 0.15) is 26.7 Å². The average Bonchev–Trinajstić information content (AvgIpc) is 2.25. The zero-order valence-electron chi connectivity index (χ0n) is 11.1. The van der Waals surface area contributed by atoms with Crippen molar-refractivity contribution in [2.45, 2.75) is 32.7 Å². The summed E-state index contributed by atoms with van der Waals surface area (Å²) in [5.74, 6) is -0.168. The van der Waals surface area contributed by atoms with Crippen LogP contribution in [0.5, 0.6) is 0 Å². The smallest absolute Gasteiger partial charge is 0.326 e. The molecule has 2 aliphatic rings. The molecule has 2 saturated heterocycles. The number of carboxylic acids is 1. The summed E-state index contributed by atoms with van der Waals surface area (Å²) in [6, 6.07) is -0.628. The fourth-order valence-electron chi connectivity index (χ4n) is 2.77. The van der Waals surface area contributed by atoms with Gasteiger partial charge in [-0.05, 0) is 37.8 Å². The van der Waals surface area contributed by atoms with E-state index in [0.29, 0.717) is 24.8 Å². The number of piperidine rings is 1. The zero-order chi connectivity index (χ0) is 13.3. The number of carboxylic acid groups (broad SMARTS) is 1. The van der Waals surface area contributed by atoms with Crippen LogP contribution in [0, 0.1) is 17.8 Å². The second-order valence-electron chi connectivity index (χ2n) is 5.72. The second-order valence-corrected chi connectivity index (χ2v) is 5.72. The summed E-state index contributed by atoms with van der Waals surface area (Å²) in [7, 11) is 0. The Morgan fingerprint density at radius 3 is 2.56 bits per heavy atom. The van der Waals surface area contributed by atoms with E-state index in [1.165, 1.54) is 0 Å². The lowest BCUT2D eigenvalue weighted by Gasteiger charge is -2.40.